The van der Waals surface area contributed by atoms with Crippen molar-refractivity contribution >= 4 is 0 Å². The fourth-order valence-electron chi connectivity index (χ4n) is 2.60. The van der Waals surface area contributed by atoms with Crippen molar-refractivity contribution in [2.45, 2.75) is 77.9 Å². The van der Waals surface area contributed by atoms with E-state index in [1.165, 1.54) is 32.1 Å². The number of ether oxygens (including phenoxy) is 1. The third-order valence-electron chi connectivity index (χ3n) is 4.23. The van der Waals surface area contributed by atoms with Crippen LogP contribution in [-0.4, -0.2) is 24.3 Å². The van der Waals surface area contributed by atoms with Gasteiger partial charge >= 0.3 is 0 Å². The molecule has 1 aliphatic rings. The molecule has 1 saturated heterocycles. The molecule has 0 aromatic carbocycles. The van der Waals surface area contributed by atoms with Crippen LogP contribution in [-0.2, 0) is 4.74 Å². The fraction of sp³-hybridized carbons (Fsp3) is 1.00. The molecule has 0 aromatic heterocycles. The summed E-state index contributed by atoms with van der Waals surface area (Å²) in [5.41, 5.74) is 0.0305. The molecular weight excluding hydrogens is 210 g/mol. The molecule has 1 N–H and O–H groups in total. The van der Waals surface area contributed by atoms with E-state index in [0.717, 1.165) is 13.1 Å². The van der Waals surface area contributed by atoms with E-state index in [-0.39, 0.29) is 11.2 Å². The van der Waals surface area contributed by atoms with E-state index < -0.39 is 0 Å². The molecule has 1 aliphatic heterocycles. The molecule has 2 atom stereocenters. The van der Waals surface area contributed by atoms with E-state index in [2.05, 4.69) is 39.9 Å². The maximum Gasteiger partial charge on any atom is 0.0809 e. The van der Waals surface area contributed by atoms with Gasteiger partial charge in [-0.15, -0.1) is 0 Å². The van der Waals surface area contributed by atoms with Gasteiger partial charge in [-0.2, -0.15) is 0 Å². The Labute approximate surface area is 108 Å². The normalized spacial score (nSPS) is 34.2. The molecule has 0 amide bonds. The number of nitrogens with one attached hydrogen (secondary N) is 1. The highest BCUT2D eigenvalue weighted by Crippen LogP contribution is 2.33. The van der Waals surface area contributed by atoms with Crippen molar-refractivity contribution in [2.24, 2.45) is 5.92 Å². The molecule has 17 heavy (non-hydrogen) atoms. The first kappa shape index (κ1) is 15.0. The van der Waals surface area contributed by atoms with Crippen molar-refractivity contribution in [3.8, 4) is 0 Å². The second-order valence-electron chi connectivity index (χ2n) is 6.43. The van der Waals surface area contributed by atoms with E-state index in [1.54, 1.807) is 0 Å². The van der Waals surface area contributed by atoms with E-state index >= 15 is 0 Å². The summed E-state index contributed by atoms with van der Waals surface area (Å²) in [6.45, 7) is 13.3. The lowest BCUT2D eigenvalue weighted by atomic mass is 9.86. The van der Waals surface area contributed by atoms with Crippen molar-refractivity contribution < 1.29 is 4.74 Å². The van der Waals surface area contributed by atoms with Gasteiger partial charge in [-0.25, -0.2) is 0 Å². The maximum absolute atomic E-state index is 6.44. The van der Waals surface area contributed by atoms with Crippen LogP contribution in [0.4, 0.5) is 0 Å². The van der Waals surface area contributed by atoms with Crippen LogP contribution in [0.2, 0.25) is 0 Å². The summed E-state index contributed by atoms with van der Waals surface area (Å²) in [6, 6.07) is 0. The number of hydrogen-bond donors (Lipinski definition) is 1. The highest BCUT2D eigenvalue weighted by atomic mass is 16.5. The van der Waals surface area contributed by atoms with Crippen LogP contribution in [0.3, 0.4) is 0 Å². The van der Waals surface area contributed by atoms with Gasteiger partial charge < -0.3 is 10.1 Å². The molecule has 1 heterocycles. The summed E-state index contributed by atoms with van der Waals surface area (Å²) in [5.74, 6) is 0.560. The predicted octanol–water partition coefficient (Wildman–Crippen LogP) is 3.75. The van der Waals surface area contributed by atoms with Crippen LogP contribution < -0.4 is 5.32 Å². The Morgan fingerprint density at radius 2 is 1.82 bits per heavy atom. The molecule has 0 aliphatic carbocycles. The Kier molecular flexibility index (Phi) is 5.46. The summed E-state index contributed by atoms with van der Waals surface area (Å²) in [4.78, 5) is 0. The lowest BCUT2D eigenvalue weighted by Gasteiger charge is -2.48. The van der Waals surface area contributed by atoms with Crippen molar-refractivity contribution in [1.29, 1.82) is 0 Å². The van der Waals surface area contributed by atoms with E-state index in [0.29, 0.717) is 5.92 Å². The lowest BCUT2D eigenvalue weighted by Crippen LogP contribution is -2.60. The second-order valence-corrected chi connectivity index (χ2v) is 6.43. The Morgan fingerprint density at radius 1 is 1.12 bits per heavy atom. The molecule has 0 saturated carbocycles. The smallest absolute Gasteiger partial charge is 0.0809 e. The summed E-state index contributed by atoms with van der Waals surface area (Å²) >= 11 is 0. The first-order valence-corrected chi connectivity index (χ1v) is 7.33. The van der Waals surface area contributed by atoms with Gasteiger partial charge in [-0.05, 0) is 26.2 Å². The number of unbranched alkanes of at least 4 members (excludes halogenated alkanes) is 3. The fourth-order valence-corrected chi connectivity index (χ4v) is 2.60. The summed E-state index contributed by atoms with van der Waals surface area (Å²) in [5, 5.41) is 3.56. The van der Waals surface area contributed by atoms with Gasteiger partial charge in [-0.3, -0.25) is 0 Å². The van der Waals surface area contributed by atoms with Crippen LogP contribution in [0.25, 0.3) is 0 Å². The average Bonchev–Trinajstić information content (AvgIpc) is 2.24. The first-order valence-electron chi connectivity index (χ1n) is 7.33. The molecule has 0 spiro atoms. The Morgan fingerprint density at radius 3 is 2.41 bits per heavy atom. The van der Waals surface area contributed by atoms with E-state index in [9.17, 15) is 0 Å². The SMILES string of the molecule is CCCCCCC1(C)CNCC(C)(C(C)C)O1. The number of hydrogen-bond acceptors (Lipinski definition) is 2. The topological polar surface area (TPSA) is 21.3 Å². The van der Waals surface area contributed by atoms with E-state index in [4.69, 9.17) is 4.74 Å². The quantitative estimate of drug-likeness (QED) is 0.715. The lowest BCUT2D eigenvalue weighted by molar-refractivity contribution is -0.184. The van der Waals surface area contributed by atoms with Crippen LogP contribution in [0.1, 0.15) is 66.7 Å². The maximum atomic E-state index is 6.44. The van der Waals surface area contributed by atoms with Gasteiger partial charge in [0.2, 0.25) is 0 Å². The number of rotatable bonds is 6. The average molecular weight is 241 g/mol. The minimum Gasteiger partial charge on any atom is -0.366 e. The molecule has 1 rings (SSSR count). The van der Waals surface area contributed by atoms with E-state index in [1.807, 2.05) is 0 Å². The third kappa shape index (κ3) is 4.26. The minimum absolute atomic E-state index is 0.00223. The summed E-state index contributed by atoms with van der Waals surface area (Å²) < 4.78 is 6.44. The zero-order chi connectivity index (χ0) is 12.9. The van der Waals surface area contributed by atoms with Crippen molar-refractivity contribution in [3.05, 3.63) is 0 Å². The predicted molar refractivity (Wildman–Crippen MR) is 74.4 cm³/mol. The Balaban J connectivity index is 2.46. The van der Waals surface area contributed by atoms with Gasteiger partial charge in [0.05, 0.1) is 11.2 Å². The van der Waals surface area contributed by atoms with Crippen LogP contribution in [0, 0.1) is 5.92 Å². The van der Waals surface area contributed by atoms with Crippen LogP contribution in [0.5, 0.6) is 0 Å². The van der Waals surface area contributed by atoms with Crippen LogP contribution >= 0.6 is 0 Å². The third-order valence-corrected chi connectivity index (χ3v) is 4.23. The van der Waals surface area contributed by atoms with Gasteiger partial charge in [0, 0.05) is 13.1 Å². The largest absolute Gasteiger partial charge is 0.366 e. The highest BCUT2D eigenvalue weighted by Gasteiger charge is 2.41. The van der Waals surface area contributed by atoms with Gasteiger partial charge in [0.1, 0.15) is 0 Å². The molecule has 0 aromatic rings. The molecular formula is C15H31NO. The Hall–Kier alpha value is -0.0800. The van der Waals surface area contributed by atoms with Gasteiger partial charge in [0.15, 0.2) is 0 Å². The van der Waals surface area contributed by atoms with Crippen molar-refractivity contribution in [2.75, 3.05) is 13.1 Å². The van der Waals surface area contributed by atoms with Crippen molar-refractivity contribution in [3.63, 3.8) is 0 Å². The van der Waals surface area contributed by atoms with Crippen LogP contribution in [0.15, 0.2) is 0 Å². The molecule has 0 bridgehead atoms. The standard InChI is InChI=1S/C15H31NO/c1-6-7-8-9-10-14(4)11-16-12-15(5,17-14)13(2)3/h13,16H,6-12H2,1-5H3. The Bertz CT molecular complexity index is 229. The van der Waals surface area contributed by atoms with Gasteiger partial charge in [-0.1, -0.05) is 46.5 Å². The molecule has 2 nitrogen and oxygen atoms in total. The minimum atomic E-state index is -0.00223. The monoisotopic (exact) mass is 241 g/mol. The zero-order valence-corrected chi connectivity index (χ0v) is 12.4. The van der Waals surface area contributed by atoms with Gasteiger partial charge in [0.25, 0.3) is 0 Å². The molecule has 1 fully saturated rings. The summed E-state index contributed by atoms with van der Waals surface area (Å²) in [6.07, 6.45) is 6.47. The molecule has 2 heteroatoms. The number of morpholine rings is 1. The summed E-state index contributed by atoms with van der Waals surface area (Å²) in [7, 11) is 0. The first-order chi connectivity index (χ1) is 7.92. The second kappa shape index (κ2) is 6.19. The molecule has 2 unspecified atom stereocenters. The highest BCUT2D eigenvalue weighted by molar-refractivity contribution is 4.93. The molecule has 102 valence electrons. The van der Waals surface area contributed by atoms with Crippen molar-refractivity contribution in [1.82, 2.24) is 5.32 Å². The zero-order valence-electron chi connectivity index (χ0n) is 12.4. The molecule has 0 radical (unpaired) electrons.